The molecule has 5 heteroatoms. The van der Waals surface area contributed by atoms with Gasteiger partial charge in [-0.15, -0.1) is 0 Å². The number of nitrogens with one attached hydrogen (secondary N) is 1. The fourth-order valence-electron chi connectivity index (χ4n) is 1.58. The quantitative estimate of drug-likeness (QED) is 0.649. The summed E-state index contributed by atoms with van der Waals surface area (Å²) in [4.78, 5) is 10.6. The van der Waals surface area contributed by atoms with Gasteiger partial charge < -0.3 is 10.1 Å². The molecular weight excluding hydrogens is 220 g/mol. The van der Waals surface area contributed by atoms with E-state index in [-0.39, 0.29) is 16.9 Å². The lowest BCUT2D eigenvalue weighted by Gasteiger charge is -2.21. The van der Waals surface area contributed by atoms with Crippen molar-refractivity contribution in [3.8, 4) is 5.75 Å². The van der Waals surface area contributed by atoms with Gasteiger partial charge in [0.15, 0.2) is 0 Å². The first-order valence-electron chi connectivity index (χ1n) is 5.36. The minimum Gasteiger partial charge on any atom is -0.489 e. The van der Waals surface area contributed by atoms with E-state index in [0.29, 0.717) is 5.69 Å². The van der Waals surface area contributed by atoms with Crippen LogP contribution in [0.3, 0.4) is 0 Å². The van der Waals surface area contributed by atoms with E-state index < -0.39 is 4.92 Å². The van der Waals surface area contributed by atoms with Gasteiger partial charge in [-0.05, 0) is 17.0 Å². The number of nitro benzene ring substituents is 1. The van der Waals surface area contributed by atoms with Crippen molar-refractivity contribution in [2.24, 2.45) is 0 Å². The monoisotopic (exact) mass is 238 g/mol. The van der Waals surface area contributed by atoms with Crippen molar-refractivity contribution in [2.75, 3.05) is 19.5 Å². The van der Waals surface area contributed by atoms with E-state index in [9.17, 15) is 10.1 Å². The van der Waals surface area contributed by atoms with Crippen molar-refractivity contribution in [1.82, 2.24) is 0 Å². The van der Waals surface area contributed by atoms with Gasteiger partial charge in [0.1, 0.15) is 0 Å². The summed E-state index contributed by atoms with van der Waals surface area (Å²) in [5, 5.41) is 14.0. The highest BCUT2D eigenvalue weighted by Crippen LogP contribution is 2.39. The predicted octanol–water partition coefficient (Wildman–Crippen LogP) is 2.94. The molecule has 1 rings (SSSR count). The molecule has 0 heterocycles. The first-order chi connectivity index (χ1) is 7.81. The molecule has 1 aromatic carbocycles. The van der Waals surface area contributed by atoms with Crippen molar-refractivity contribution in [2.45, 2.75) is 26.2 Å². The number of methoxy groups -OCH3 is 1. The maximum absolute atomic E-state index is 11.0. The second kappa shape index (κ2) is 4.61. The van der Waals surface area contributed by atoms with Gasteiger partial charge in [-0.2, -0.15) is 0 Å². The van der Waals surface area contributed by atoms with Crippen molar-refractivity contribution < 1.29 is 9.66 Å². The van der Waals surface area contributed by atoms with Crippen LogP contribution >= 0.6 is 0 Å². The molecule has 0 aromatic heterocycles. The molecular formula is C12H18N2O3. The van der Waals surface area contributed by atoms with Gasteiger partial charge >= 0.3 is 5.69 Å². The minimum absolute atomic E-state index is 0.00993. The Morgan fingerprint density at radius 3 is 2.29 bits per heavy atom. The molecule has 0 unspecified atom stereocenters. The van der Waals surface area contributed by atoms with Crippen LogP contribution in [0.25, 0.3) is 0 Å². The second-order valence-electron chi connectivity index (χ2n) is 4.83. The van der Waals surface area contributed by atoms with E-state index >= 15 is 0 Å². The molecule has 0 aliphatic rings. The molecule has 5 nitrogen and oxygen atoms in total. The fourth-order valence-corrected chi connectivity index (χ4v) is 1.58. The lowest BCUT2D eigenvalue weighted by molar-refractivity contribution is -0.385. The van der Waals surface area contributed by atoms with Crippen LogP contribution in [-0.2, 0) is 5.41 Å². The summed E-state index contributed by atoms with van der Waals surface area (Å²) in [5.74, 6) is 0.269. The molecule has 17 heavy (non-hydrogen) atoms. The molecule has 0 bridgehead atoms. The van der Waals surface area contributed by atoms with E-state index in [0.717, 1.165) is 5.56 Å². The largest absolute Gasteiger partial charge is 0.489 e. The average molecular weight is 238 g/mol. The highest BCUT2D eigenvalue weighted by molar-refractivity contribution is 5.68. The van der Waals surface area contributed by atoms with Crippen LogP contribution in [0.2, 0.25) is 0 Å². The summed E-state index contributed by atoms with van der Waals surface area (Å²) in [6.07, 6.45) is 0. The van der Waals surface area contributed by atoms with Crippen molar-refractivity contribution >= 4 is 11.4 Å². The van der Waals surface area contributed by atoms with Crippen LogP contribution in [0.15, 0.2) is 12.1 Å². The molecule has 0 saturated carbocycles. The Hall–Kier alpha value is -1.78. The van der Waals surface area contributed by atoms with Gasteiger partial charge in [0.05, 0.1) is 17.7 Å². The molecule has 0 atom stereocenters. The lowest BCUT2D eigenvalue weighted by atomic mass is 9.86. The number of ether oxygens (including phenoxy) is 1. The first kappa shape index (κ1) is 13.3. The molecule has 1 N–H and O–H groups in total. The molecule has 0 saturated heterocycles. The number of nitrogens with zero attached hydrogens (tertiary/aromatic N) is 1. The van der Waals surface area contributed by atoms with Gasteiger partial charge in [0, 0.05) is 13.1 Å². The maximum atomic E-state index is 11.0. The smallest absolute Gasteiger partial charge is 0.313 e. The van der Waals surface area contributed by atoms with E-state index in [1.807, 2.05) is 26.8 Å². The van der Waals surface area contributed by atoms with Crippen LogP contribution in [-0.4, -0.2) is 19.1 Å². The fraction of sp³-hybridized carbons (Fsp3) is 0.500. The number of nitro groups is 1. The lowest BCUT2D eigenvalue weighted by Crippen LogP contribution is -2.12. The number of hydrogen-bond acceptors (Lipinski definition) is 4. The van der Waals surface area contributed by atoms with Crippen LogP contribution in [0.4, 0.5) is 11.4 Å². The molecule has 1 aromatic rings. The summed E-state index contributed by atoms with van der Waals surface area (Å²) in [7, 11) is 3.15. The Balaban J connectivity index is 3.51. The predicted molar refractivity (Wildman–Crippen MR) is 67.9 cm³/mol. The van der Waals surface area contributed by atoms with E-state index in [1.54, 1.807) is 13.1 Å². The standard InChI is InChI=1S/C12H18N2O3/c1-12(2,3)8-6-9(13-4)11(17-5)10(7-8)14(15)16/h6-7,13H,1-5H3. The van der Waals surface area contributed by atoms with Gasteiger partial charge in [-0.25, -0.2) is 0 Å². The molecule has 0 spiro atoms. The number of rotatable bonds is 3. The second-order valence-corrected chi connectivity index (χ2v) is 4.83. The number of hydrogen-bond donors (Lipinski definition) is 1. The Bertz CT molecular complexity index is 436. The topological polar surface area (TPSA) is 64.4 Å². The first-order valence-corrected chi connectivity index (χ1v) is 5.36. The minimum atomic E-state index is -0.422. The number of anilines is 1. The normalized spacial score (nSPS) is 11.1. The third-order valence-corrected chi connectivity index (χ3v) is 2.61. The van der Waals surface area contributed by atoms with E-state index in [4.69, 9.17) is 4.74 Å². The molecule has 0 amide bonds. The Morgan fingerprint density at radius 2 is 1.94 bits per heavy atom. The summed E-state index contributed by atoms with van der Waals surface area (Å²) in [5.41, 5.74) is 1.37. The summed E-state index contributed by atoms with van der Waals surface area (Å²) < 4.78 is 5.09. The van der Waals surface area contributed by atoms with Gasteiger partial charge in [-0.1, -0.05) is 20.8 Å². The molecule has 0 aliphatic carbocycles. The third kappa shape index (κ3) is 2.67. The zero-order chi connectivity index (χ0) is 13.2. The highest BCUT2D eigenvalue weighted by Gasteiger charge is 2.24. The Kier molecular flexibility index (Phi) is 3.60. The number of benzene rings is 1. The molecule has 94 valence electrons. The van der Waals surface area contributed by atoms with Crippen LogP contribution in [0.1, 0.15) is 26.3 Å². The molecule has 0 radical (unpaired) electrons. The zero-order valence-electron chi connectivity index (χ0n) is 10.8. The maximum Gasteiger partial charge on any atom is 0.313 e. The third-order valence-electron chi connectivity index (χ3n) is 2.61. The Labute approximate surface area is 101 Å². The Morgan fingerprint density at radius 1 is 1.35 bits per heavy atom. The molecule has 0 fully saturated rings. The van der Waals surface area contributed by atoms with Crippen LogP contribution in [0.5, 0.6) is 5.75 Å². The summed E-state index contributed by atoms with van der Waals surface area (Å²) in [6.45, 7) is 6.04. The SMILES string of the molecule is CNc1cc(C(C)(C)C)cc([N+](=O)[O-])c1OC. The van der Waals surface area contributed by atoms with Gasteiger partial charge in [0.2, 0.25) is 5.75 Å². The van der Waals surface area contributed by atoms with Gasteiger partial charge in [-0.3, -0.25) is 10.1 Å². The molecule has 0 aliphatic heterocycles. The summed E-state index contributed by atoms with van der Waals surface area (Å²) in [6, 6.07) is 3.45. The van der Waals surface area contributed by atoms with Crippen molar-refractivity contribution in [3.05, 3.63) is 27.8 Å². The zero-order valence-corrected chi connectivity index (χ0v) is 10.8. The van der Waals surface area contributed by atoms with Crippen LogP contribution < -0.4 is 10.1 Å². The van der Waals surface area contributed by atoms with E-state index in [2.05, 4.69) is 5.32 Å². The van der Waals surface area contributed by atoms with Crippen molar-refractivity contribution in [3.63, 3.8) is 0 Å². The van der Waals surface area contributed by atoms with Crippen molar-refractivity contribution in [1.29, 1.82) is 0 Å². The van der Waals surface area contributed by atoms with Gasteiger partial charge in [0.25, 0.3) is 0 Å². The summed E-state index contributed by atoms with van der Waals surface area (Å²) >= 11 is 0. The van der Waals surface area contributed by atoms with Crippen LogP contribution in [0, 0.1) is 10.1 Å². The highest BCUT2D eigenvalue weighted by atomic mass is 16.6. The average Bonchev–Trinajstić information content (AvgIpc) is 2.25. The van der Waals surface area contributed by atoms with E-state index in [1.165, 1.54) is 7.11 Å².